The lowest BCUT2D eigenvalue weighted by Gasteiger charge is -2.08. The zero-order valence-electron chi connectivity index (χ0n) is 18.1. The molecular formula is C26H23N3O4. The minimum absolute atomic E-state index is 0.0866. The SMILES string of the molecule is C[C@@H](OCc1cccc(/C=C/Cn2cccc2C(=O)c2cnc3ccccc3c2)n1)C(=O)O. The molecule has 166 valence electrons. The Bertz CT molecular complexity index is 1330. The molecule has 0 saturated carbocycles. The first-order chi connectivity index (χ1) is 16.0. The number of fused-ring (bicyclic) bond motifs is 1. The molecule has 33 heavy (non-hydrogen) atoms. The molecule has 4 rings (SSSR count). The molecule has 7 nitrogen and oxygen atoms in total. The number of benzene rings is 1. The summed E-state index contributed by atoms with van der Waals surface area (Å²) >= 11 is 0. The maximum Gasteiger partial charge on any atom is 0.332 e. The van der Waals surface area contributed by atoms with Crippen LogP contribution in [0.5, 0.6) is 0 Å². The van der Waals surface area contributed by atoms with Crippen molar-refractivity contribution in [3.63, 3.8) is 0 Å². The van der Waals surface area contributed by atoms with E-state index in [-0.39, 0.29) is 12.4 Å². The average Bonchev–Trinajstić information content (AvgIpc) is 3.30. The zero-order valence-corrected chi connectivity index (χ0v) is 18.1. The molecule has 0 radical (unpaired) electrons. The first-order valence-corrected chi connectivity index (χ1v) is 10.5. The van der Waals surface area contributed by atoms with Gasteiger partial charge in [0, 0.05) is 29.9 Å². The molecule has 0 bridgehead atoms. The van der Waals surface area contributed by atoms with E-state index in [2.05, 4.69) is 9.97 Å². The number of hydrogen-bond acceptors (Lipinski definition) is 5. The number of pyridine rings is 2. The maximum atomic E-state index is 13.1. The van der Waals surface area contributed by atoms with Crippen molar-refractivity contribution in [1.29, 1.82) is 0 Å². The Kier molecular flexibility index (Phi) is 6.71. The van der Waals surface area contributed by atoms with Crippen LogP contribution < -0.4 is 0 Å². The highest BCUT2D eigenvalue weighted by molar-refractivity contribution is 6.09. The highest BCUT2D eigenvalue weighted by Gasteiger charge is 2.14. The predicted octanol–water partition coefficient (Wildman–Crippen LogP) is 4.37. The second kappa shape index (κ2) is 10.0. The van der Waals surface area contributed by atoms with E-state index in [1.54, 1.807) is 18.3 Å². The molecule has 3 heterocycles. The van der Waals surface area contributed by atoms with Crippen LogP contribution in [0.15, 0.2) is 79.1 Å². The van der Waals surface area contributed by atoms with Crippen LogP contribution >= 0.6 is 0 Å². The van der Waals surface area contributed by atoms with Gasteiger partial charge in [0.15, 0.2) is 6.10 Å². The molecule has 0 saturated heterocycles. The van der Waals surface area contributed by atoms with Gasteiger partial charge in [-0.1, -0.05) is 30.3 Å². The Morgan fingerprint density at radius 3 is 2.82 bits per heavy atom. The lowest BCUT2D eigenvalue weighted by molar-refractivity contribution is -0.149. The van der Waals surface area contributed by atoms with E-state index in [1.807, 2.05) is 71.4 Å². The molecule has 0 unspecified atom stereocenters. The summed E-state index contributed by atoms with van der Waals surface area (Å²) in [5.41, 5.74) is 3.34. The van der Waals surface area contributed by atoms with Gasteiger partial charge in [0.05, 0.1) is 29.2 Å². The molecule has 0 amide bonds. The lowest BCUT2D eigenvalue weighted by atomic mass is 10.1. The average molecular weight is 441 g/mol. The van der Waals surface area contributed by atoms with Crippen LogP contribution in [0, 0.1) is 0 Å². The summed E-state index contributed by atoms with van der Waals surface area (Å²) in [7, 11) is 0. The third-order valence-corrected chi connectivity index (χ3v) is 5.16. The summed E-state index contributed by atoms with van der Waals surface area (Å²) in [6.45, 7) is 2.09. The number of carboxylic acid groups (broad SMARTS) is 1. The van der Waals surface area contributed by atoms with Crippen molar-refractivity contribution >= 4 is 28.7 Å². The van der Waals surface area contributed by atoms with Crippen molar-refractivity contribution in [3.8, 4) is 0 Å². The third kappa shape index (κ3) is 5.39. The predicted molar refractivity (Wildman–Crippen MR) is 125 cm³/mol. The number of allylic oxidation sites excluding steroid dienone is 1. The zero-order chi connectivity index (χ0) is 23.2. The summed E-state index contributed by atoms with van der Waals surface area (Å²) in [4.78, 5) is 32.8. The van der Waals surface area contributed by atoms with Crippen LogP contribution in [0.3, 0.4) is 0 Å². The summed E-state index contributed by atoms with van der Waals surface area (Å²) in [5, 5.41) is 9.84. The normalized spacial score (nSPS) is 12.3. The van der Waals surface area contributed by atoms with Crippen molar-refractivity contribution in [2.45, 2.75) is 26.2 Å². The molecule has 1 N–H and O–H groups in total. The molecule has 0 fully saturated rings. The van der Waals surface area contributed by atoms with Gasteiger partial charge in [0.2, 0.25) is 5.78 Å². The van der Waals surface area contributed by atoms with Gasteiger partial charge in [-0.05, 0) is 49.4 Å². The van der Waals surface area contributed by atoms with Crippen LogP contribution in [-0.2, 0) is 22.7 Å². The van der Waals surface area contributed by atoms with E-state index in [0.717, 1.165) is 16.6 Å². The number of para-hydroxylation sites is 1. The Labute approximate surface area is 191 Å². The number of rotatable bonds is 9. The number of carbonyl (C=O) groups excluding carboxylic acids is 1. The fraction of sp³-hybridized carbons (Fsp3) is 0.154. The van der Waals surface area contributed by atoms with Gasteiger partial charge in [-0.3, -0.25) is 14.8 Å². The first-order valence-electron chi connectivity index (χ1n) is 10.5. The fourth-order valence-corrected chi connectivity index (χ4v) is 3.36. The Hall–Kier alpha value is -4.10. The maximum absolute atomic E-state index is 13.1. The third-order valence-electron chi connectivity index (χ3n) is 5.16. The summed E-state index contributed by atoms with van der Waals surface area (Å²) in [6, 6.07) is 18.7. The molecule has 1 atom stereocenters. The summed E-state index contributed by atoms with van der Waals surface area (Å²) in [6.07, 6.45) is 6.35. The van der Waals surface area contributed by atoms with Crippen molar-refractivity contribution < 1.29 is 19.4 Å². The molecule has 0 aliphatic carbocycles. The van der Waals surface area contributed by atoms with E-state index in [0.29, 0.717) is 23.5 Å². The van der Waals surface area contributed by atoms with Crippen molar-refractivity contribution in [2.24, 2.45) is 0 Å². The molecule has 1 aromatic carbocycles. The number of aromatic nitrogens is 3. The van der Waals surface area contributed by atoms with E-state index < -0.39 is 12.1 Å². The van der Waals surface area contributed by atoms with Crippen molar-refractivity contribution in [3.05, 3.63) is 102 Å². The van der Waals surface area contributed by atoms with Crippen LogP contribution in [0.2, 0.25) is 0 Å². The first kappa shape index (κ1) is 22.1. The second-order valence-corrected chi connectivity index (χ2v) is 7.54. The van der Waals surface area contributed by atoms with E-state index >= 15 is 0 Å². The number of ether oxygens (including phenoxy) is 1. The Morgan fingerprint density at radius 1 is 1.12 bits per heavy atom. The largest absolute Gasteiger partial charge is 0.479 e. The number of nitrogens with zero attached hydrogens (tertiary/aromatic N) is 3. The minimum atomic E-state index is -1.01. The Morgan fingerprint density at radius 2 is 1.97 bits per heavy atom. The van der Waals surface area contributed by atoms with Crippen LogP contribution in [0.4, 0.5) is 0 Å². The quantitative estimate of drug-likeness (QED) is 0.388. The smallest absolute Gasteiger partial charge is 0.332 e. The standard InChI is InChI=1S/C26H23N3O4/c1-18(26(31)32)33-17-22-9-4-8-21(28-22)10-5-13-29-14-6-12-24(29)25(30)20-15-19-7-2-3-11-23(19)27-16-20/h2-12,14-16,18H,13,17H2,1H3,(H,31,32)/b10-5+/t18-/m1/s1. The lowest BCUT2D eigenvalue weighted by Crippen LogP contribution is -2.19. The molecular weight excluding hydrogens is 418 g/mol. The molecule has 0 aliphatic heterocycles. The van der Waals surface area contributed by atoms with Crippen molar-refractivity contribution in [1.82, 2.24) is 14.5 Å². The van der Waals surface area contributed by atoms with E-state index in [1.165, 1.54) is 6.92 Å². The fourth-order valence-electron chi connectivity index (χ4n) is 3.36. The Balaban J connectivity index is 1.44. The van der Waals surface area contributed by atoms with Crippen molar-refractivity contribution in [2.75, 3.05) is 0 Å². The minimum Gasteiger partial charge on any atom is -0.479 e. The van der Waals surface area contributed by atoms with Crippen LogP contribution in [0.25, 0.3) is 17.0 Å². The highest BCUT2D eigenvalue weighted by Crippen LogP contribution is 2.17. The van der Waals surface area contributed by atoms with Crippen LogP contribution in [-0.4, -0.2) is 37.5 Å². The van der Waals surface area contributed by atoms with Crippen LogP contribution in [0.1, 0.15) is 34.4 Å². The van der Waals surface area contributed by atoms with E-state index in [4.69, 9.17) is 9.84 Å². The van der Waals surface area contributed by atoms with Gasteiger partial charge < -0.3 is 14.4 Å². The second-order valence-electron chi connectivity index (χ2n) is 7.54. The van der Waals surface area contributed by atoms with Gasteiger partial charge in [0.25, 0.3) is 0 Å². The summed E-state index contributed by atoms with van der Waals surface area (Å²) in [5.74, 6) is -1.10. The van der Waals surface area contributed by atoms with Gasteiger partial charge >= 0.3 is 5.97 Å². The van der Waals surface area contributed by atoms with Gasteiger partial charge in [0.1, 0.15) is 0 Å². The van der Waals surface area contributed by atoms with Gasteiger partial charge in [-0.2, -0.15) is 0 Å². The number of carboxylic acids is 1. The molecule has 3 aromatic heterocycles. The number of carbonyl (C=O) groups is 2. The van der Waals surface area contributed by atoms with E-state index in [9.17, 15) is 9.59 Å². The highest BCUT2D eigenvalue weighted by atomic mass is 16.5. The number of ketones is 1. The number of aliphatic carboxylic acids is 1. The van der Waals surface area contributed by atoms with Gasteiger partial charge in [-0.25, -0.2) is 4.79 Å². The summed E-state index contributed by atoms with van der Waals surface area (Å²) < 4.78 is 7.16. The van der Waals surface area contributed by atoms with Gasteiger partial charge in [-0.15, -0.1) is 0 Å². The molecule has 0 aliphatic rings. The molecule has 0 spiro atoms. The molecule has 4 aromatic rings. The monoisotopic (exact) mass is 441 g/mol. The number of hydrogen-bond donors (Lipinski definition) is 1. The molecule has 7 heteroatoms. The topological polar surface area (TPSA) is 94.3 Å².